The number of carbonyl (C=O) groups is 1. The molecule has 3 aromatic rings. The number of anilines is 2. The molecule has 7 nitrogen and oxygen atoms in total. The van der Waals surface area contributed by atoms with Crippen molar-refractivity contribution >= 4 is 61.8 Å². The number of hydrogen-bond donors (Lipinski definition) is 2. The molecule has 1 aromatic carbocycles. The van der Waals surface area contributed by atoms with E-state index >= 15 is 0 Å². The number of aryl methyl sites for hydroxylation is 1. The minimum Gasteiger partial charge on any atom is -0.361 e. The highest BCUT2D eigenvalue weighted by Crippen LogP contribution is 2.35. The molecule has 2 heterocycles. The largest absolute Gasteiger partial charge is 0.361 e. The van der Waals surface area contributed by atoms with Crippen LogP contribution in [0.1, 0.15) is 16.1 Å². The Morgan fingerprint density at radius 1 is 1.19 bits per heavy atom. The van der Waals surface area contributed by atoms with E-state index in [1.165, 1.54) is 24.4 Å². The van der Waals surface area contributed by atoms with Crippen molar-refractivity contribution in [3.05, 3.63) is 56.5 Å². The van der Waals surface area contributed by atoms with Gasteiger partial charge >= 0.3 is 0 Å². The van der Waals surface area contributed by atoms with E-state index in [2.05, 4.69) is 15.2 Å². The van der Waals surface area contributed by atoms with Gasteiger partial charge in [0.25, 0.3) is 15.9 Å². The fourth-order valence-corrected chi connectivity index (χ4v) is 5.26. The highest BCUT2D eigenvalue weighted by Gasteiger charge is 2.21. The third-order valence-electron chi connectivity index (χ3n) is 3.31. The van der Waals surface area contributed by atoms with Crippen molar-refractivity contribution in [2.24, 2.45) is 0 Å². The Balaban J connectivity index is 1.73. The maximum atomic E-state index is 12.4. The topological polar surface area (TPSA) is 101 Å². The van der Waals surface area contributed by atoms with Crippen molar-refractivity contribution in [2.75, 3.05) is 10.0 Å². The molecule has 0 bridgehead atoms. The van der Waals surface area contributed by atoms with Crippen molar-refractivity contribution in [1.29, 1.82) is 0 Å². The maximum Gasteiger partial charge on any atom is 0.264 e. The number of thiophene rings is 1. The molecular formula is C15H11Cl2N3O4S2. The zero-order valence-electron chi connectivity index (χ0n) is 13.1. The molecule has 0 aliphatic rings. The number of sulfonamides is 1. The van der Waals surface area contributed by atoms with E-state index in [1.54, 1.807) is 19.1 Å². The lowest BCUT2D eigenvalue weighted by atomic mass is 10.2. The van der Waals surface area contributed by atoms with E-state index in [4.69, 9.17) is 27.7 Å². The summed E-state index contributed by atoms with van der Waals surface area (Å²) in [5.74, 6) is 0.0231. The Morgan fingerprint density at radius 2 is 1.85 bits per heavy atom. The van der Waals surface area contributed by atoms with Crippen LogP contribution < -0.4 is 10.0 Å². The number of hydrogen-bond acceptors (Lipinski definition) is 6. The van der Waals surface area contributed by atoms with Crippen LogP contribution in [-0.2, 0) is 10.0 Å². The first-order valence-corrected chi connectivity index (χ1v) is 10.1. The minimum absolute atomic E-state index is 0.0791. The number of carbonyl (C=O) groups excluding carboxylic acids is 1. The number of halogens is 2. The first kappa shape index (κ1) is 18.7. The quantitative estimate of drug-likeness (QED) is 0.622. The third kappa shape index (κ3) is 4.01. The molecule has 1 amide bonds. The Bertz CT molecular complexity index is 1060. The molecule has 0 saturated heterocycles. The fourth-order valence-electron chi connectivity index (χ4n) is 2.06. The van der Waals surface area contributed by atoms with Gasteiger partial charge in [-0.25, -0.2) is 8.42 Å². The fraction of sp³-hybridized carbons (Fsp3) is 0.0667. The predicted molar refractivity (Wildman–Crippen MR) is 101 cm³/mol. The molecule has 0 aliphatic carbocycles. The Morgan fingerprint density at radius 3 is 2.38 bits per heavy atom. The molecule has 3 rings (SSSR count). The van der Waals surface area contributed by atoms with Gasteiger partial charge in [-0.1, -0.05) is 28.4 Å². The van der Waals surface area contributed by atoms with Crippen molar-refractivity contribution in [3.8, 4) is 0 Å². The van der Waals surface area contributed by atoms with Gasteiger partial charge in [0, 0.05) is 11.4 Å². The van der Waals surface area contributed by atoms with E-state index in [1.807, 2.05) is 0 Å². The minimum atomic E-state index is -3.86. The highest BCUT2D eigenvalue weighted by atomic mass is 35.5. The molecule has 0 saturated carbocycles. The van der Waals surface area contributed by atoms with Crippen molar-refractivity contribution < 1.29 is 17.7 Å². The first-order valence-electron chi connectivity index (χ1n) is 7.06. The molecule has 2 N–H and O–H groups in total. The summed E-state index contributed by atoms with van der Waals surface area (Å²) in [7, 11) is -3.86. The van der Waals surface area contributed by atoms with Crippen molar-refractivity contribution in [3.63, 3.8) is 0 Å². The van der Waals surface area contributed by atoms with Gasteiger partial charge in [0.05, 0.1) is 10.5 Å². The van der Waals surface area contributed by atoms with E-state index in [0.29, 0.717) is 22.7 Å². The SMILES string of the molecule is Cc1oncc1C(=O)Nc1ccc(NS(=O)(=O)c2cc(Cl)sc2Cl)cc1. The molecule has 26 heavy (non-hydrogen) atoms. The predicted octanol–water partition coefficient (Wildman–Crippen LogP) is 4.40. The van der Waals surface area contributed by atoms with Crippen LogP contribution in [0.4, 0.5) is 11.4 Å². The van der Waals surface area contributed by atoms with E-state index in [-0.39, 0.29) is 19.5 Å². The molecular weight excluding hydrogens is 421 g/mol. The second-order valence-corrected chi connectivity index (χ2v) is 9.06. The summed E-state index contributed by atoms with van der Waals surface area (Å²) in [5.41, 5.74) is 1.11. The number of benzene rings is 1. The molecule has 0 aliphatic heterocycles. The molecule has 0 unspecified atom stereocenters. The lowest BCUT2D eigenvalue weighted by Gasteiger charge is -2.09. The first-order chi connectivity index (χ1) is 12.3. The normalized spacial score (nSPS) is 11.3. The molecule has 0 spiro atoms. The van der Waals surface area contributed by atoms with Crippen LogP contribution in [0, 0.1) is 6.92 Å². The van der Waals surface area contributed by atoms with Crippen LogP contribution in [-0.4, -0.2) is 19.5 Å². The highest BCUT2D eigenvalue weighted by molar-refractivity contribution is 7.93. The number of rotatable bonds is 5. The smallest absolute Gasteiger partial charge is 0.264 e. The second kappa shape index (κ2) is 7.28. The van der Waals surface area contributed by atoms with Gasteiger partial charge in [-0.3, -0.25) is 9.52 Å². The lowest BCUT2D eigenvalue weighted by Crippen LogP contribution is -2.13. The molecule has 0 fully saturated rings. The lowest BCUT2D eigenvalue weighted by molar-refractivity contribution is 0.102. The zero-order chi connectivity index (χ0) is 18.9. The summed E-state index contributed by atoms with van der Waals surface area (Å²) in [6, 6.07) is 7.42. The van der Waals surface area contributed by atoms with E-state index in [0.717, 1.165) is 11.3 Å². The van der Waals surface area contributed by atoms with Gasteiger partial charge in [0.1, 0.15) is 20.6 Å². The Labute approximate surface area is 163 Å². The molecule has 2 aromatic heterocycles. The van der Waals surface area contributed by atoms with Gasteiger partial charge in [0.15, 0.2) is 0 Å². The van der Waals surface area contributed by atoms with Crippen LogP contribution in [0.2, 0.25) is 8.67 Å². The molecule has 0 atom stereocenters. The average molecular weight is 432 g/mol. The van der Waals surface area contributed by atoms with Crippen LogP contribution in [0.25, 0.3) is 0 Å². The monoisotopic (exact) mass is 431 g/mol. The molecule has 11 heteroatoms. The molecule has 136 valence electrons. The zero-order valence-corrected chi connectivity index (χ0v) is 16.3. The average Bonchev–Trinajstić information content (AvgIpc) is 3.14. The van der Waals surface area contributed by atoms with Crippen LogP contribution in [0.3, 0.4) is 0 Å². The van der Waals surface area contributed by atoms with E-state index in [9.17, 15) is 13.2 Å². The number of amides is 1. The van der Waals surface area contributed by atoms with Gasteiger partial charge in [0.2, 0.25) is 0 Å². The van der Waals surface area contributed by atoms with E-state index < -0.39 is 10.0 Å². The van der Waals surface area contributed by atoms with Crippen LogP contribution >= 0.6 is 34.5 Å². The standard InChI is InChI=1S/C15H11Cl2N3O4S2/c1-8-11(7-18-24-8)15(21)19-9-2-4-10(5-3-9)20-26(22,23)12-6-13(16)25-14(12)17/h2-7,20H,1H3,(H,19,21). The van der Waals surface area contributed by atoms with Gasteiger partial charge in [-0.15, -0.1) is 11.3 Å². The number of nitrogens with one attached hydrogen (secondary N) is 2. The van der Waals surface area contributed by atoms with Gasteiger partial charge in [-0.2, -0.15) is 0 Å². The summed E-state index contributed by atoms with van der Waals surface area (Å²) in [6.07, 6.45) is 1.32. The summed E-state index contributed by atoms with van der Waals surface area (Å²) < 4.78 is 32.3. The van der Waals surface area contributed by atoms with Crippen molar-refractivity contribution in [1.82, 2.24) is 5.16 Å². The summed E-state index contributed by atoms with van der Waals surface area (Å²) >= 11 is 12.6. The van der Waals surface area contributed by atoms with Gasteiger partial charge in [-0.05, 0) is 37.3 Å². The molecule has 0 radical (unpaired) electrons. The summed E-state index contributed by atoms with van der Waals surface area (Å²) in [6.45, 7) is 1.63. The summed E-state index contributed by atoms with van der Waals surface area (Å²) in [4.78, 5) is 12.0. The maximum absolute atomic E-state index is 12.4. The van der Waals surface area contributed by atoms with Gasteiger partial charge < -0.3 is 9.84 Å². The Hall–Kier alpha value is -2.07. The Kier molecular flexibility index (Phi) is 5.24. The summed E-state index contributed by atoms with van der Waals surface area (Å²) in [5, 5.41) is 6.21. The number of nitrogens with zero attached hydrogens (tertiary/aromatic N) is 1. The second-order valence-electron chi connectivity index (χ2n) is 5.12. The van der Waals surface area contributed by atoms with Crippen LogP contribution in [0.5, 0.6) is 0 Å². The van der Waals surface area contributed by atoms with Crippen molar-refractivity contribution in [2.45, 2.75) is 11.8 Å². The number of aromatic nitrogens is 1. The van der Waals surface area contributed by atoms with Crippen LogP contribution in [0.15, 0.2) is 45.9 Å². The third-order valence-corrected chi connectivity index (χ3v) is 6.44.